The van der Waals surface area contributed by atoms with E-state index < -0.39 is 0 Å². The molecule has 0 bridgehead atoms. The van der Waals surface area contributed by atoms with E-state index in [0.717, 1.165) is 17.7 Å². The highest BCUT2D eigenvalue weighted by Gasteiger charge is 2.10. The van der Waals surface area contributed by atoms with E-state index in [2.05, 4.69) is 17.6 Å². The molecule has 0 fully saturated rings. The van der Waals surface area contributed by atoms with Gasteiger partial charge in [-0.1, -0.05) is 42.8 Å². The molecule has 4 nitrogen and oxygen atoms in total. The van der Waals surface area contributed by atoms with Crippen molar-refractivity contribution in [2.45, 2.75) is 19.8 Å². The van der Waals surface area contributed by atoms with Crippen molar-refractivity contribution in [1.82, 2.24) is 5.32 Å². The van der Waals surface area contributed by atoms with Crippen LogP contribution < -0.4 is 10.6 Å². The molecule has 0 aromatic heterocycles. The SMILES string of the molecule is CCc1cccc(NC(=O)CCNC(=O)c2ccccc2Cl)c1. The van der Waals surface area contributed by atoms with E-state index in [4.69, 9.17) is 11.6 Å². The Kier molecular flexibility index (Phi) is 6.18. The number of carbonyl (C=O) groups excluding carboxylic acids is 2. The predicted molar refractivity (Wildman–Crippen MR) is 92.9 cm³/mol. The highest BCUT2D eigenvalue weighted by Crippen LogP contribution is 2.14. The van der Waals surface area contributed by atoms with Crippen LogP contribution in [0.3, 0.4) is 0 Å². The minimum absolute atomic E-state index is 0.141. The smallest absolute Gasteiger partial charge is 0.252 e. The fourth-order valence-electron chi connectivity index (χ4n) is 2.12. The molecule has 23 heavy (non-hydrogen) atoms. The Hall–Kier alpha value is -2.33. The molecular formula is C18H19ClN2O2. The first-order valence-electron chi connectivity index (χ1n) is 7.51. The molecule has 0 aliphatic rings. The molecule has 0 spiro atoms. The first-order valence-corrected chi connectivity index (χ1v) is 7.89. The standard InChI is InChI=1S/C18H19ClN2O2/c1-2-13-6-5-7-14(12-13)21-17(22)10-11-20-18(23)15-8-3-4-9-16(15)19/h3-9,12H,2,10-11H2,1H3,(H,20,23)(H,21,22). The number of benzene rings is 2. The third-order valence-corrected chi connectivity index (χ3v) is 3.70. The van der Waals surface area contributed by atoms with Gasteiger partial charge in [0.15, 0.2) is 0 Å². The molecule has 0 atom stereocenters. The average molecular weight is 331 g/mol. The van der Waals surface area contributed by atoms with Crippen LogP contribution in [0, 0.1) is 0 Å². The van der Waals surface area contributed by atoms with E-state index in [-0.39, 0.29) is 24.8 Å². The van der Waals surface area contributed by atoms with Crippen LogP contribution in [-0.4, -0.2) is 18.4 Å². The Morgan fingerprint density at radius 3 is 2.61 bits per heavy atom. The van der Waals surface area contributed by atoms with E-state index in [0.29, 0.717) is 10.6 Å². The summed E-state index contributed by atoms with van der Waals surface area (Å²) in [5.74, 6) is -0.422. The van der Waals surface area contributed by atoms with Gasteiger partial charge in [0, 0.05) is 18.7 Å². The second kappa shape index (κ2) is 8.34. The summed E-state index contributed by atoms with van der Waals surface area (Å²) in [5.41, 5.74) is 2.34. The van der Waals surface area contributed by atoms with Crippen LogP contribution in [0.4, 0.5) is 5.69 Å². The summed E-state index contributed by atoms with van der Waals surface area (Å²) in [6, 6.07) is 14.5. The Bertz CT molecular complexity index is 701. The topological polar surface area (TPSA) is 58.2 Å². The maximum Gasteiger partial charge on any atom is 0.252 e. The summed E-state index contributed by atoms with van der Waals surface area (Å²) in [6.45, 7) is 2.31. The predicted octanol–water partition coefficient (Wildman–Crippen LogP) is 3.66. The van der Waals surface area contributed by atoms with Gasteiger partial charge in [-0.2, -0.15) is 0 Å². The molecule has 2 amide bonds. The molecule has 2 aromatic rings. The fraction of sp³-hybridized carbons (Fsp3) is 0.222. The molecule has 0 aliphatic heterocycles. The summed E-state index contributed by atoms with van der Waals surface area (Å²) in [4.78, 5) is 23.9. The van der Waals surface area contributed by atoms with E-state index in [1.165, 1.54) is 0 Å². The van der Waals surface area contributed by atoms with Crippen LogP contribution in [0.5, 0.6) is 0 Å². The molecule has 120 valence electrons. The Balaban J connectivity index is 1.80. The lowest BCUT2D eigenvalue weighted by atomic mass is 10.1. The monoisotopic (exact) mass is 330 g/mol. The van der Waals surface area contributed by atoms with Gasteiger partial charge in [0.2, 0.25) is 5.91 Å². The van der Waals surface area contributed by atoms with Crippen LogP contribution in [-0.2, 0) is 11.2 Å². The van der Waals surface area contributed by atoms with Crippen molar-refractivity contribution < 1.29 is 9.59 Å². The number of carbonyl (C=O) groups is 2. The van der Waals surface area contributed by atoms with Crippen molar-refractivity contribution in [3.05, 3.63) is 64.7 Å². The minimum atomic E-state index is -0.281. The molecule has 2 rings (SSSR count). The van der Waals surface area contributed by atoms with Crippen LogP contribution in [0.1, 0.15) is 29.3 Å². The molecule has 0 aliphatic carbocycles. The van der Waals surface area contributed by atoms with Crippen LogP contribution in [0.25, 0.3) is 0 Å². The van der Waals surface area contributed by atoms with Gasteiger partial charge in [0.1, 0.15) is 0 Å². The van der Waals surface area contributed by atoms with E-state index >= 15 is 0 Å². The number of hydrogen-bond donors (Lipinski definition) is 2. The molecule has 0 unspecified atom stereocenters. The molecule has 0 radical (unpaired) electrons. The lowest BCUT2D eigenvalue weighted by Crippen LogP contribution is -2.27. The van der Waals surface area contributed by atoms with Crippen LogP contribution in [0.15, 0.2) is 48.5 Å². The maximum atomic E-state index is 12.0. The largest absolute Gasteiger partial charge is 0.351 e. The molecule has 0 saturated heterocycles. The lowest BCUT2D eigenvalue weighted by Gasteiger charge is -2.08. The highest BCUT2D eigenvalue weighted by atomic mass is 35.5. The van der Waals surface area contributed by atoms with Crippen molar-refractivity contribution in [3.8, 4) is 0 Å². The second-order valence-corrected chi connectivity index (χ2v) is 5.50. The van der Waals surface area contributed by atoms with Crippen molar-refractivity contribution in [3.63, 3.8) is 0 Å². The van der Waals surface area contributed by atoms with Gasteiger partial charge in [0.25, 0.3) is 5.91 Å². The van der Waals surface area contributed by atoms with Crippen LogP contribution >= 0.6 is 11.6 Å². The maximum absolute atomic E-state index is 12.0. The third-order valence-electron chi connectivity index (χ3n) is 3.38. The third kappa shape index (κ3) is 5.11. The van der Waals surface area contributed by atoms with Gasteiger partial charge < -0.3 is 10.6 Å². The Labute approximate surface area is 140 Å². The van der Waals surface area contributed by atoms with E-state index in [1.54, 1.807) is 24.3 Å². The number of anilines is 1. The first-order chi connectivity index (χ1) is 11.1. The van der Waals surface area contributed by atoms with Crippen molar-refractivity contribution in [1.29, 1.82) is 0 Å². The van der Waals surface area contributed by atoms with Gasteiger partial charge in [-0.15, -0.1) is 0 Å². The lowest BCUT2D eigenvalue weighted by molar-refractivity contribution is -0.116. The fourth-order valence-corrected chi connectivity index (χ4v) is 2.34. The number of halogens is 1. The zero-order valence-corrected chi connectivity index (χ0v) is 13.7. The number of amides is 2. The van der Waals surface area contributed by atoms with E-state index in [9.17, 15) is 9.59 Å². The van der Waals surface area contributed by atoms with Gasteiger partial charge in [-0.25, -0.2) is 0 Å². The number of hydrogen-bond acceptors (Lipinski definition) is 2. The Morgan fingerprint density at radius 1 is 1.09 bits per heavy atom. The summed E-state index contributed by atoms with van der Waals surface area (Å²) in [6.07, 6.45) is 1.12. The van der Waals surface area contributed by atoms with Crippen molar-refractivity contribution in [2.24, 2.45) is 0 Å². The highest BCUT2D eigenvalue weighted by molar-refractivity contribution is 6.33. The normalized spacial score (nSPS) is 10.2. The number of nitrogens with one attached hydrogen (secondary N) is 2. The summed E-state index contributed by atoms with van der Waals surface area (Å²) >= 11 is 5.96. The van der Waals surface area contributed by atoms with Crippen molar-refractivity contribution >= 4 is 29.1 Å². The summed E-state index contributed by atoms with van der Waals surface area (Å²) < 4.78 is 0. The summed E-state index contributed by atoms with van der Waals surface area (Å²) in [5, 5.41) is 5.91. The van der Waals surface area contributed by atoms with Gasteiger partial charge in [-0.3, -0.25) is 9.59 Å². The van der Waals surface area contributed by atoms with Gasteiger partial charge in [0.05, 0.1) is 10.6 Å². The van der Waals surface area contributed by atoms with Gasteiger partial charge >= 0.3 is 0 Å². The van der Waals surface area contributed by atoms with E-state index in [1.807, 2.05) is 24.3 Å². The molecule has 2 N–H and O–H groups in total. The summed E-state index contributed by atoms with van der Waals surface area (Å²) in [7, 11) is 0. The van der Waals surface area contributed by atoms with Gasteiger partial charge in [-0.05, 0) is 36.2 Å². The quantitative estimate of drug-likeness (QED) is 0.849. The van der Waals surface area contributed by atoms with Crippen molar-refractivity contribution in [2.75, 3.05) is 11.9 Å². The zero-order chi connectivity index (χ0) is 16.7. The minimum Gasteiger partial charge on any atom is -0.351 e. The second-order valence-electron chi connectivity index (χ2n) is 5.09. The van der Waals surface area contributed by atoms with Crippen LogP contribution in [0.2, 0.25) is 5.02 Å². The average Bonchev–Trinajstić information content (AvgIpc) is 2.55. The first kappa shape index (κ1) is 17.0. The number of rotatable bonds is 6. The molecule has 0 heterocycles. The Morgan fingerprint density at radius 2 is 1.87 bits per heavy atom. The molecule has 2 aromatic carbocycles. The molecular weight excluding hydrogens is 312 g/mol. The molecule has 0 saturated carbocycles. The zero-order valence-electron chi connectivity index (χ0n) is 12.9. The number of aryl methyl sites for hydroxylation is 1. The molecule has 5 heteroatoms.